The molecule has 0 fully saturated rings. The Kier molecular flexibility index (Phi) is 2.10. The summed E-state index contributed by atoms with van der Waals surface area (Å²) in [6.07, 6.45) is 1.64. The maximum atomic E-state index is 5.81. The van der Waals surface area contributed by atoms with Gasteiger partial charge in [-0.1, -0.05) is 11.6 Å². The minimum Gasteiger partial charge on any atom is -0.270 e. The molecule has 0 saturated carbocycles. The molecule has 1 N–H and O–H groups in total. The van der Waals surface area contributed by atoms with Crippen molar-refractivity contribution in [1.82, 2.24) is 15.2 Å². The summed E-state index contributed by atoms with van der Waals surface area (Å²) in [6, 6.07) is 0. The monoisotopic (exact) mass is 309 g/mol. The lowest BCUT2D eigenvalue weighted by Gasteiger charge is -1.93. The maximum Gasteiger partial charge on any atom is 0.157 e. The highest BCUT2D eigenvalue weighted by atomic mass is 79.9. The highest BCUT2D eigenvalue weighted by molar-refractivity contribution is 9.11. The molecule has 0 amide bonds. The number of hydrogen-bond donors (Lipinski definition) is 1. The van der Waals surface area contributed by atoms with Gasteiger partial charge in [-0.2, -0.15) is 5.10 Å². The van der Waals surface area contributed by atoms with Crippen LogP contribution in [0.25, 0.3) is 10.9 Å². The van der Waals surface area contributed by atoms with Gasteiger partial charge < -0.3 is 0 Å². The van der Waals surface area contributed by atoms with Crippen LogP contribution >= 0.6 is 43.5 Å². The van der Waals surface area contributed by atoms with E-state index < -0.39 is 0 Å². The second-order valence-electron chi connectivity index (χ2n) is 2.16. The SMILES string of the molecule is Clc1ncc(Br)c2c(Br)[nH]nc12. The number of nitrogens with zero attached hydrogens (tertiary/aromatic N) is 2. The first-order valence-corrected chi connectivity index (χ1v) is 5.00. The van der Waals surface area contributed by atoms with Gasteiger partial charge in [0.15, 0.2) is 5.15 Å². The van der Waals surface area contributed by atoms with E-state index >= 15 is 0 Å². The highest BCUT2D eigenvalue weighted by Gasteiger charge is 2.10. The van der Waals surface area contributed by atoms with Crippen LogP contribution < -0.4 is 0 Å². The minimum absolute atomic E-state index is 0.398. The van der Waals surface area contributed by atoms with Crippen molar-refractivity contribution in [3.63, 3.8) is 0 Å². The van der Waals surface area contributed by atoms with Crippen molar-refractivity contribution in [3.8, 4) is 0 Å². The standard InChI is InChI=1S/C6H2Br2ClN3/c7-2-1-10-6(9)4-3(2)5(8)12-11-4/h1H,(H,11,12). The average Bonchev–Trinajstić information content (AvgIpc) is 2.42. The highest BCUT2D eigenvalue weighted by Crippen LogP contribution is 2.31. The Morgan fingerprint density at radius 3 is 2.83 bits per heavy atom. The van der Waals surface area contributed by atoms with E-state index in [4.69, 9.17) is 11.6 Å². The van der Waals surface area contributed by atoms with Gasteiger partial charge in [-0.3, -0.25) is 5.10 Å². The summed E-state index contributed by atoms with van der Waals surface area (Å²) in [4.78, 5) is 3.94. The van der Waals surface area contributed by atoms with Crippen molar-refractivity contribution in [2.24, 2.45) is 0 Å². The first-order chi connectivity index (χ1) is 5.70. The fraction of sp³-hybridized carbons (Fsp3) is 0. The molecule has 2 aromatic rings. The number of aromatic nitrogens is 3. The third-order valence-electron chi connectivity index (χ3n) is 1.45. The van der Waals surface area contributed by atoms with Crippen LogP contribution in [-0.2, 0) is 0 Å². The normalized spacial score (nSPS) is 10.9. The van der Waals surface area contributed by atoms with E-state index in [0.29, 0.717) is 10.7 Å². The predicted molar refractivity (Wildman–Crippen MR) is 54.3 cm³/mol. The molecule has 2 aromatic heterocycles. The zero-order chi connectivity index (χ0) is 8.72. The van der Waals surface area contributed by atoms with Crippen molar-refractivity contribution in [2.45, 2.75) is 0 Å². The van der Waals surface area contributed by atoms with Crippen molar-refractivity contribution in [1.29, 1.82) is 0 Å². The number of nitrogens with one attached hydrogen (secondary N) is 1. The molecule has 62 valence electrons. The number of pyridine rings is 1. The molecule has 0 radical (unpaired) electrons. The van der Waals surface area contributed by atoms with Crippen LogP contribution in [0.4, 0.5) is 0 Å². The summed E-state index contributed by atoms with van der Waals surface area (Å²) in [7, 11) is 0. The summed E-state index contributed by atoms with van der Waals surface area (Å²) >= 11 is 12.5. The van der Waals surface area contributed by atoms with E-state index in [0.717, 1.165) is 14.5 Å². The molecular formula is C6H2Br2ClN3. The number of aromatic amines is 1. The number of halogens is 3. The van der Waals surface area contributed by atoms with Crippen LogP contribution in [0.3, 0.4) is 0 Å². The maximum absolute atomic E-state index is 5.81. The molecule has 0 aliphatic heterocycles. The molecule has 0 unspecified atom stereocenters. The Balaban J connectivity index is 2.98. The lowest BCUT2D eigenvalue weighted by Crippen LogP contribution is -1.78. The summed E-state index contributed by atoms with van der Waals surface area (Å²) in [5.41, 5.74) is 0.665. The molecular weight excluding hydrogens is 309 g/mol. The Morgan fingerprint density at radius 1 is 1.42 bits per heavy atom. The molecule has 2 heterocycles. The number of fused-ring (bicyclic) bond motifs is 1. The van der Waals surface area contributed by atoms with Gasteiger partial charge in [0.05, 0.1) is 5.39 Å². The van der Waals surface area contributed by atoms with E-state index in [1.807, 2.05) is 0 Å². The molecule has 6 heteroatoms. The smallest absolute Gasteiger partial charge is 0.157 e. The summed E-state index contributed by atoms with van der Waals surface area (Å²) in [5, 5.41) is 8.06. The lowest BCUT2D eigenvalue weighted by atomic mass is 10.3. The Morgan fingerprint density at radius 2 is 2.17 bits per heavy atom. The quantitative estimate of drug-likeness (QED) is 0.760. The van der Waals surface area contributed by atoms with Gasteiger partial charge in [-0.25, -0.2) is 4.98 Å². The molecule has 0 bridgehead atoms. The van der Waals surface area contributed by atoms with E-state index in [1.54, 1.807) is 6.20 Å². The second kappa shape index (κ2) is 2.97. The zero-order valence-electron chi connectivity index (χ0n) is 5.61. The lowest BCUT2D eigenvalue weighted by molar-refractivity contribution is 1.09. The van der Waals surface area contributed by atoms with E-state index in [9.17, 15) is 0 Å². The van der Waals surface area contributed by atoms with Gasteiger partial charge in [-0.05, 0) is 31.9 Å². The summed E-state index contributed by atoms with van der Waals surface area (Å²) in [5.74, 6) is 0. The van der Waals surface area contributed by atoms with Crippen molar-refractivity contribution >= 4 is 54.4 Å². The molecule has 12 heavy (non-hydrogen) atoms. The van der Waals surface area contributed by atoms with Gasteiger partial charge in [-0.15, -0.1) is 0 Å². The van der Waals surface area contributed by atoms with Gasteiger partial charge in [0.2, 0.25) is 0 Å². The van der Waals surface area contributed by atoms with Crippen molar-refractivity contribution < 1.29 is 0 Å². The fourth-order valence-corrected chi connectivity index (χ4v) is 2.36. The van der Waals surface area contributed by atoms with Crippen LogP contribution in [0, 0.1) is 0 Å². The van der Waals surface area contributed by atoms with E-state index in [1.165, 1.54) is 0 Å². The molecule has 0 spiro atoms. The van der Waals surface area contributed by atoms with Crippen molar-refractivity contribution in [3.05, 3.63) is 20.4 Å². The molecule has 0 aromatic carbocycles. The Hall–Kier alpha value is -0.130. The molecule has 0 atom stereocenters. The third kappa shape index (κ3) is 1.16. The molecule has 3 nitrogen and oxygen atoms in total. The number of hydrogen-bond acceptors (Lipinski definition) is 2. The van der Waals surface area contributed by atoms with E-state index in [-0.39, 0.29) is 0 Å². The van der Waals surface area contributed by atoms with Crippen LogP contribution in [0.5, 0.6) is 0 Å². The topological polar surface area (TPSA) is 41.6 Å². The van der Waals surface area contributed by atoms with E-state index in [2.05, 4.69) is 47.0 Å². The first kappa shape index (κ1) is 8.47. The molecule has 0 saturated heterocycles. The van der Waals surface area contributed by atoms with Crippen LogP contribution in [0.15, 0.2) is 15.3 Å². The van der Waals surface area contributed by atoms with Crippen molar-refractivity contribution in [2.75, 3.05) is 0 Å². The number of H-pyrrole nitrogens is 1. The van der Waals surface area contributed by atoms with Crippen LogP contribution in [-0.4, -0.2) is 15.2 Å². The Labute approximate surface area is 89.8 Å². The average molecular weight is 311 g/mol. The van der Waals surface area contributed by atoms with Gasteiger partial charge in [0.25, 0.3) is 0 Å². The largest absolute Gasteiger partial charge is 0.270 e. The minimum atomic E-state index is 0.398. The zero-order valence-corrected chi connectivity index (χ0v) is 9.53. The third-order valence-corrected chi connectivity index (χ3v) is 2.90. The van der Waals surface area contributed by atoms with Gasteiger partial charge in [0.1, 0.15) is 10.1 Å². The second-order valence-corrected chi connectivity index (χ2v) is 4.16. The fourth-order valence-electron chi connectivity index (χ4n) is 0.927. The molecule has 0 aliphatic carbocycles. The Bertz CT molecular complexity index is 440. The van der Waals surface area contributed by atoms with Gasteiger partial charge >= 0.3 is 0 Å². The summed E-state index contributed by atoms with van der Waals surface area (Å²) < 4.78 is 1.66. The predicted octanol–water partition coefficient (Wildman–Crippen LogP) is 3.14. The van der Waals surface area contributed by atoms with Crippen LogP contribution in [0.1, 0.15) is 0 Å². The first-order valence-electron chi connectivity index (χ1n) is 3.03. The molecule has 2 rings (SSSR count). The van der Waals surface area contributed by atoms with Gasteiger partial charge in [0, 0.05) is 10.7 Å². The van der Waals surface area contributed by atoms with Crippen LogP contribution in [0.2, 0.25) is 5.15 Å². The summed E-state index contributed by atoms with van der Waals surface area (Å²) in [6.45, 7) is 0. The molecule has 0 aliphatic rings. The number of rotatable bonds is 0.